The number of sulfonamides is 1. The first-order valence-electron chi connectivity index (χ1n) is 6.28. The highest BCUT2D eigenvalue weighted by atomic mass is 32.2. The Balaban J connectivity index is 2.31. The van der Waals surface area contributed by atoms with Crippen LogP contribution < -0.4 is 10.5 Å². The lowest BCUT2D eigenvalue weighted by molar-refractivity contribution is 0.102. The summed E-state index contributed by atoms with van der Waals surface area (Å²) in [6.07, 6.45) is 0. The fourth-order valence-electron chi connectivity index (χ4n) is 1.88. The van der Waals surface area contributed by atoms with E-state index in [0.717, 1.165) is 5.56 Å². The molecule has 2 aromatic rings. The molecule has 0 aliphatic heterocycles. The first-order valence-corrected chi connectivity index (χ1v) is 7.83. The van der Waals surface area contributed by atoms with Crippen LogP contribution in [0.15, 0.2) is 47.4 Å². The number of anilines is 1. The molecule has 0 aromatic heterocycles. The molecule has 3 N–H and O–H groups in total. The van der Waals surface area contributed by atoms with Gasteiger partial charge < -0.3 is 5.32 Å². The van der Waals surface area contributed by atoms with Crippen LogP contribution >= 0.6 is 0 Å². The molecule has 5 nitrogen and oxygen atoms in total. The number of benzene rings is 2. The number of carbonyl (C=O) groups is 1. The molecule has 0 radical (unpaired) electrons. The normalized spacial score (nSPS) is 11.2. The Morgan fingerprint density at radius 1 is 1.00 bits per heavy atom. The summed E-state index contributed by atoms with van der Waals surface area (Å²) in [7, 11) is -3.84. The molecule has 110 valence electrons. The predicted molar refractivity (Wildman–Crippen MR) is 81.7 cm³/mol. The van der Waals surface area contributed by atoms with Gasteiger partial charge in [-0.25, -0.2) is 13.6 Å². The molecule has 0 fully saturated rings. The molecule has 2 rings (SSSR count). The Morgan fingerprint density at radius 3 is 2.19 bits per heavy atom. The minimum absolute atomic E-state index is 0.0726. The third-order valence-corrected chi connectivity index (χ3v) is 3.84. The predicted octanol–water partition coefficient (Wildman–Crippen LogP) is 2.20. The van der Waals surface area contributed by atoms with Crippen molar-refractivity contribution in [2.75, 3.05) is 5.32 Å². The van der Waals surface area contributed by atoms with Gasteiger partial charge in [0.2, 0.25) is 10.0 Å². The first-order chi connectivity index (χ1) is 9.75. The highest BCUT2D eigenvalue weighted by molar-refractivity contribution is 7.89. The summed E-state index contributed by atoms with van der Waals surface area (Å²) in [4.78, 5) is 12.1. The van der Waals surface area contributed by atoms with Crippen molar-refractivity contribution >= 4 is 21.6 Å². The molecular formula is C15H16N2O3S. The zero-order chi connectivity index (χ0) is 15.6. The van der Waals surface area contributed by atoms with Gasteiger partial charge in [0.25, 0.3) is 5.91 Å². The van der Waals surface area contributed by atoms with Crippen molar-refractivity contribution in [2.45, 2.75) is 18.7 Å². The van der Waals surface area contributed by atoms with Gasteiger partial charge in [0.05, 0.1) is 4.90 Å². The van der Waals surface area contributed by atoms with Crippen LogP contribution in [-0.2, 0) is 10.0 Å². The van der Waals surface area contributed by atoms with E-state index in [0.29, 0.717) is 11.3 Å². The molecule has 0 heterocycles. The molecule has 0 aliphatic rings. The second-order valence-corrected chi connectivity index (χ2v) is 6.46. The molecule has 0 bridgehead atoms. The largest absolute Gasteiger partial charge is 0.322 e. The summed E-state index contributed by atoms with van der Waals surface area (Å²) in [6, 6.07) is 11.6. The van der Waals surface area contributed by atoms with Gasteiger partial charge in [0, 0.05) is 11.3 Å². The lowest BCUT2D eigenvalue weighted by atomic mass is 10.1. The summed E-state index contributed by atoms with van der Waals surface area (Å²) in [6.45, 7) is 3.65. The SMILES string of the molecule is Cc1ccc(NC(=O)c2cc(C)cc(S(N)(=O)=O)c2)cc1. The van der Waals surface area contributed by atoms with E-state index < -0.39 is 10.0 Å². The van der Waals surface area contributed by atoms with Gasteiger partial charge >= 0.3 is 0 Å². The van der Waals surface area contributed by atoms with E-state index in [4.69, 9.17) is 5.14 Å². The van der Waals surface area contributed by atoms with Crippen LogP contribution in [-0.4, -0.2) is 14.3 Å². The minimum atomic E-state index is -3.84. The Kier molecular flexibility index (Phi) is 4.11. The van der Waals surface area contributed by atoms with Crippen LogP contribution in [0.1, 0.15) is 21.5 Å². The summed E-state index contributed by atoms with van der Waals surface area (Å²) in [5, 5.41) is 7.82. The Labute approximate surface area is 123 Å². The van der Waals surface area contributed by atoms with E-state index >= 15 is 0 Å². The summed E-state index contributed by atoms with van der Waals surface area (Å²) >= 11 is 0. The highest BCUT2D eigenvalue weighted by Crippen LogP contribution is 2.16. The lowest BCUT2D eigenvalue weighted by Gasteiger charge is -2.08. The standard InChI is InChI=1S/C15H16N2O3S/c1-10-3-5-13(6-4-10)17-15(18)12-7-11(2)8-14(9-12)21(16,19)20/h3-9H,1-2H3,(H,17,18)(H2,16,19,20). The summed E-state index contributed by atoms with van der Waals surface area (Å²) in [5.74, 6) is -0.382. The zero-order valence-electron chi connectivity index (χ0n) is 11.8. The molecule has 0 saturated heterocycles. The number of primary sulfonamides is 1. The van der Waals surface area contributed by atoms with E-state index in [1.165, 1.54) is 12.1 Å². The van der Waals surface area contributed by atoms with Gasteiger partial charge in [-0.2, -0.15) is 0 Å². The van der Waals surface area contributed by atoms with Crippen LogP contribution in [0.5, 0.6) is 0 Å². The fraction of sp³-hybridized carbons (Fsp3) is 0.133. The monoisotopic (exact) mass is 304 g/mol. The Bertz CT molecular complexity index is 781. The number of hydrogen-bond acceptors (Lipinski definition) is 3. The topological polar surface area (TPSA) is 89.3 Å². The van der Waals surface area contributed by atoms with Crippen molar-refractivity contribution in [3.05, 3.63) is 59.2 Å². The van der Waals surface area contributed by atoms with E-state index in [-0.39, 0.29) is 16.4 Å². The van der Waals surface area contributed by atoms with E-state index in [1.54, 1.807) is 25.1 Å². The number of carbonyl (C=O) groups excluding carboxylic acids is 1. The molecule has 1 amide bonds. The van der Waals surface area contributed by atoms with Gasteiger partial charge in [-0.1, -0.05) is 17.7 Å². The molecule has 0 unspecified atom stereocenters. The lowest BCUT2D eigenvalue weighted by Crippen LogP contribution is -2.16. The molecule has 6 heteroatoms. The van der Waals surface area contributed by atoms with Crippen molar-refractivity contribution in [3.8, 4) is 0 Å². The van der Waals surface area contributed by atoms with Gasteiger partial charge in [0.15, 0.2) is 0 Å². The van der Waals surface area contributed by atoms with E-state index in [9.17, 15) is 13.2 Å². The number of amides is 1. The second kappa shape index (κ2) is 5.67. The van der Waals surface area contributed by atoms with Crippen molar-refractivity contribution in [1.29, 1.82) is 0 Å². The van der Waals surface area contributed by atoms with Gasteiger partial charge in [-0.15, -0.1) is 0 Å². The number of aryl methyl sites for hydroxylation is 2. The summed E-state index contributed by atoms with van der Waals surface area (Å²) < 4.78 is 22.8. The van der Waals surface area contributed by atoms with Crippen molar-refractivity contribution in [2.24, 2.45) is 5.14 Å². The minimum Gasteiger partial charge on any atom is -0.322 e. The Hall–Kier alpha value is -2.18. The average Bonchev–Trinajstić information content (AvgIpc) is 2.39. The number of nitrogens with one attached hydrogen (secondary N) is 1. The smallest absolute Gasteiger partial charge is 0.255 e. The number of rotatable bonds is 3. The quantitative estimate of drug-likeness (QED) is 0.911. The summed E-state index contributed by atoms with van der Waals surface area (Å²) in [5.41, 5.74) is 2.62. The number of hydrogen-bond donors (Lipinski definition) is 2. The number of nitrogens with two attached hydrogens (primary N) is 1. The molecule has 21 heavy (non-hydrogen) atoms. The maximum absolute atomic E-state index is 12.2. The van der Waals surface area contributed by atoms with Gasteiger partial charge in [-0.3, -0.25) is 4.79 Å². The van der Waals surface area contributed by atoms with Crippen LogP contribution in [0, 0.1) is 13.8 Å². The molecule has 0 spiro atoms. The van der Waals surface area contributed by atoms with Crippen molar-refractivity contribution in [1.82, 2.24) is 0 Å². The van der Waals surface area contributed by atoms with Gasteiger partial charge in [0.1, 0.15) is 0 Å². The van der Waals surface area contributed by atoms with Crippen molar-refractivity contribution in [3.63, 3.8) is 0 Å². The van der Waals surface area contributed by atoms with Gasteiger partial charge in [-0.05, 0) is 49.7 Å². The molecule has 2 aromatic carbocycles. The van der Waals surface area contributed by atoms with Crippen LogP contribution in [0.3, 0.4) is 0 Å². The maximum Gasteiger partial charge on any atom is 0.255 e. The van der Waals surface area contributed by atoms with Crippen LogP contribution in [0.2, 0.25) is 0 Å². The average molecular weight is 304 g/mol. The first kappa shape index (κ1) is 15.2. The highest BCUT2D eigenvalue weighted by Gasteiger charge is 2.13. The van der Waals surface area contributed by atoms with E-state index in [2.05, 4.69) is 5.32 Å². The van der Waals surface area contributed by atoms with E-state index in [1.807, 2.05) is 19.1 Å². The van der Waals surface area contributed by atoms with Crippen LogP contribution in [0.25, 0.3) is 0 Å². The van der Waals surface area contributed by atoms with Crippen LogP contribution in [0.4, 0.5) is 5.69 Å². The second-order valence-electron chi connectivity index (χ2n) is 4.90. The molecule has 0 aliphatic carbocycles. The fourth-order valence-corrected chi connectivity index (χ4v) is 2.52. The third kappa shape index (κ3) is 3.90. The molecule has 0 saturated carbocycles. The van der Waals surface area contributed by atoms with Crippen molar-refractivity contribution < 1.29 is 13.2 Å². The zero-order valence-corrected chi connectivity index (χ0v) is 12.6. The third-order valence-electron chi connectivity index (χ3n) is 2.95. The Morgan fingerprint density at radius 2 is 1.62 bits per heavy atom. The molecular weight excluding hydrogens is 288 g/mol. The maximum atomic E-state index is 12.2. The molecule has 0 atom stereocenters.